The highest BCUT2D eigenvalue weighted by Gasteiger charge is 2.07. The maximum atomic E-state index is 11.5. The van der Waals surface area contributed by atoms with Gasteiger partial charge in [-0.05, 0) is 6.07 Å². The van der Waals surface area contributed by atoms with E-state index in [1.54, 1.807) is 0 Å². The molecule has 86 valence electrons. The number of nitro benzene ring substituents is 1. The van der Waals surface area contributed by atoms with Crippen LogP contribution in [0.25, 0.3) is 5.69 Å². The number of nitro groups is 1. The number of hydrogen-bond acceptors (Lipinski definition) is 4. The molecule has 2 aromatic rings. The number of H-pyrrole nitrogens is 1. The predicted molar refractivity (Wildman–Crippen MR) is 59.3 cm³/mol. The molecule has 0 spiro atoms. The van der Waals surface area contributed by atoms with Crippen LogP contribution in [-0.4, -0.2) is 14.7 Å². The zero-order valence-electron chi connectivity index (χ0n) is 8.49. The Morgan fingerprint density at radius 3 is 2.65 bits per heavy atom. The molecule has 0 atom stereocenters. The van der Waals surface area contributed by atoms with Crippen molar-refractivity contribution in [3.63, 3.8) is 0 Å². The van der Waals surface area contributed by atoms with Gasteiger partial charge in [-0.25, -0.2) is 4.68 Å². The van der Waals surface area contributed by atoms with Gasteiger partial charge < -0.3 is 0 Å². The number of nitrogens with one attached hydrogen (secondary N) is 1. The Balaban J connectivity index is 2.64. The van der Waals surface area contributed by atoms with E-state index >= 15 is 0 Å². The summed E-state index contributed by atoms with van der Waals surface area (Å²) in [6.07, 6.45) is 0. The summed E-state index contributed by atoms with van der Waals surface area (Å²) in [5, 5.41) is 12.9. The molecule has 17 heavy (non-hydrogen) atoms. The molecule has 1 heterocycles. The minimum atomic E-state index is -0.574. The molecule has 1 aromatic heterocycles. The van der Waals surface area contributed by atoms with Gasteiger partial charge in [0.15, 0.2) is 0 Å². The van der Waals surface area contributed by atoms with E-state index in [9.17, 15) is 19.7 Å². The van der Waals surface area contributed by atoms with Gasteiger partial charge in [-0.1, -0.05) is 6.07 Å². The fourth-order valence-electron chi connectivity index (χ4n) is 1.36. The molecule has 0 saturated carbocycles. The molecule has 0 radical (unpaired) electrons. The number of nitrogens with zero attached hydrogens (tertiary/aromatic N) is 2. The third-order valence-electron chi connectivity index (χ3n) is 2.12. The van der Waals surface area contributed by atoms with E-state index in [4.69, 9.17) is 0 Å². The van der Waals surface area contributed by atoms with Crippen molar-refractivity contribution in [1.29, 1.82) is 0 Å². The number of rotatable bonds is 2. The molecule has 0 bridgehead atoms. The van der Waals surface area contributed by atoms with Crippen molar-refractivity contribution < 1.29 is 4.92 Å². The summed E-state index contributed by atoms with van der Waals surface area (Å²) >= 11 is 0. The molecular weight excluding hydrogens is 226 g/mol. The van der Waals surface area contributed by atoms with Crippen molar-refractivity contribution in [3.05, 3.63) is 67.2 Å². The van der Waals surface area contributed by atoms with Gasteiger partial charge in [0.25, 0.3) is 16.8 Å². The molecule has 0 fully saturated rings. The second-order valence-corrected chi connectivity index (χ2v) is 3.26. The Bertz CT molecular complexity index is 686. The minimum Gasteiger partial charge on any atom is -0.268 e. The average molecular weight is 233 g/mol. The molecule has 7 heteroatoms. The lowest BCUT2D eigenvalue weighted by atomic mass is 10.3. The zero-order valence-corrected chi connectivity index (χ0v) is 8.49. The van der Waals surface area contributed by atoms with Crippen molar-refractivity contribution in [3.8, 4) is 5.69 Å². The topological polar surface area (TPSA) is 98.0 Å². The Hall–Kier alpha value is -2.70. The monoisotopic (exact) mass is 233 g/mol. The lowest BCUT2D eigenvalue weighted by Crippen LogP contribution is -2.26. The quantitative estimate of drug-likeness (QED) is 0.600. The highest BCUT2D eigenvalue weighted by Crippen LogP contribution is 2.14. The van der Waals surface area contributed by atoms with Crippen LogP contribution in [0.2, 0.25) is 0 Å². The summed E-state index contributed by atoms with van der Waals surface area (Å²) in [6, 6.07) is 7.62. The Labute approximate surface area is 94.1 Å². The van der Waals surface area contributed by atoms with Crippen molar-refractivity contribution in [2.75, 3.05) is 0 Å². The lowest BCUT2D eigenvalue weighted by Gasteiger charge is -2.03. The van der Waals surface area contributed by atoms with Crippen molar-refractivity contribution in [2.45, 2.75) is 0 Å². The molecular formula is C10H7N3O4. The molecule has 7 nitrogen and oxygen atoms in total. The van der Waals surface area contributed by atoms with Crippen LogP contribution < -0.4 is 11.1 Å². The summed E-state index contributed by atoms with van der Waals surface area (Å²) in [5.41, 5.74) is -0.845. The molecule has 1 N–H and O–H groups in total. The van der Waals surface area contributed by atoms with Gasteiger partial charge in [-0.15, -0.1) is 0 Å². The molecule has 0 aliphatic carbocycles. The fraction of sp³-hybridized carbons (Fsp3) is 0. The fourth-order valence-corrected chi connectivity index (χ4v) is 1.36. The smallest absolute Gasteiger partial charge is 0.268 e. The number of hydrogen-bond donors (Lipinski definition) is 1. The van der Waals surface area contributed by atoms with Gasteiger partial charge in [-0.2, -0.15) is 0 Å². The highest BCUT2D eigenvalue weighted by atomic mass is 16.6. The second kappa shape index (κ2) is 4.05. The van der Waals surface area contributed by atoms with E-state index in [1.807, 2.05) is 0 Å². The number of benzene rings is 1. The second-order valence-electron chi connectivity index (χ2n) is 3.26. The van der Waals surface area contributed by atoms with Crippen molar-refractivity contribution in [2.24, 2.45) is 0 Å². The summed E-state index contributed by atoms with van der Waals surface area (Å²) in [7, 11) is 0. The van der Waals surface area contributed by atoms with Crippen LogP contribution in [0.15, 0.2) is 46.0 Å². The average Bonchev–Trinajstić information content (AvgIpc) is 2.32. The van der Waals surface area contributed by atoms with Crippen LogP contribution >= 0.6 is 0 Å². The number of non-ortho nitro benzene ring substituents is 1. The van der Waals surface area contributed by atoms with Gasteiger partial charge in [0.2, 0.25) is 0 Å². The van der Waals surface area contributed by atoms with Gasteiger partial charge in [0.05, 0.1) is 10.6 Å². The minimum absolute atomic E-state index is 0.154. The van der Waals surface area contributed by atoms with Crippen LogP contribution in [0.3, 0.4) is 0 Å². The first-order valence-electron chi connectivity index (χ1n) is 4.65. The summed E-state index contributed by atoms with van der Waals surface area (Å²) in [5.74, 6) is 0. The number of aromatic nitrogens is 2. The number of aromatic amines is 1. The van der Waals surface area contributed by atoms with Gasteiger partial charge in [0.1, 0.15) is 0 Å². The highest BCUT2D eigenvalue weighted by molar-refractivity contribution is 5.42. The Morgan fingerprint density at radius 2 is 1.94 bits per heavy atom. The van der Waals surface area contributed by atoms with Crippen LogP contribution in [0, 0.1) is 10.1 Å². The van der Waals surface area contributed by atoms with E-state index in [-0.39, 0.29) is 11.4 Å². The van der Waals surface area contributed by atoms with Crippen LogP contribution in [-0.2, 0) is 0 Å². The first kappa shape index (κ1) is 10.8. The molecule has 0 aliphatic rings. The SMILES string of the molecule is O=c1ccc(=O)n(-c2cccc([N+](=O)[O-])c2)[nH]1. The standard InChI is InChI=1S/C10H7N3O4/c14-9-4-5-10(15)12(11-9)7-2-1-3-8(6-7)13(16)17/h1-6H,(H,11,14). The van der Waals surface area contributed by atoms with E-state index in [2.05, 4.69) is 5.10 Å². The van der Waals surface area contributed by atoms with Gasteiger partial charge in [0, 0.05) is 24.3 Å². The third kappa shape index (κ3) is 2.12. The van der Waals surface area contributed by atoms with Gasteiger partial charge in [-0.3, -0.25) is 24.8 Å². The first-order chi connectivity index (χ1) is 8.08. The van der Waals surface area contributed by atoms with Crippen LogP contribution in [0.4, 0.5) is 5.69 Å². The van der Waals surface area contributed by atoms with Crippen LogP contribution in [0.5, 0.6) is 0 Å². The largest absolute Gasteiger partial charge is 0.271 e. The van der Waals surface area contributed by atoms with E-state index in [1.165, 1.54) is 24.3 Å². The van der Waals surface area contributed by atoms with Crippen molar-refractivity contribution in [1.82, 2.24) is 9.78 Å². The van der Waals surface area contributed by atoms with E-state index < -0.39 is 16.0 Å². The molecule has 0 saturated heterocycles. The van der Waals surface area contributed by atoms with E-state index in [0.29, 0.717) is 0 Å². The summed E-state index contributed by atoms with van der Waals surface area (Å²) in [6.45, 7) is 0. The normalized spacial score (nSPS) is 10.1. The predicted octanol–water partition coefficient (Wildman–Crippen LogP) is 0.434. The molecule has 0 unspecified atom stereocenters. The molecule has 2 rings (SSSR count). The third-order valence-corrected chi connectivity index (χ3v) is 2.12. The maximum absolute atomic E-state index is 11.5. The maximum Gasteiger partial charge on any atom is 0.271 e. The summed E-state index contributed by atoms with van der Waals surface area (Å²) in [4.78, 5) is 32.6. The van der Waals surface area contributed by atoms with Crippen LogP contribution in [0.1, 0.15) is 0 Å². The Kier molecular flexibility index (Phi) is 2.57. The zero-order chi connectivity index (χ0) is 12.4. The lowest BCUT2D eigenvalue weighted by molar-refractivity contribution is -0.384. The molecule has 1 aromatic carbocycles. The molecule has 0 amide bonds. The van der Waals surface area contributed by atoms with E-state index in [0.717, 1.165) is 16.8 Å². The molecule has 0 aliphatic heterocycles. The summed E-state index contributed by atoms with van der Waals surface area (Å²) < 4.78 is 0.954. The van der Waals surface area contributed by atoms with Gasteiger partial charge >= 0.3 is 0 Å². The Morgan fingerprint density at radius 1 is 1.18 bits per heavy atom. The first-order valence-corrected chi connectivity index (χ1v) is 4.65. The van der Waals surface area contributed by atoms with Crippen molar-refractivity contribution >= 4 is 5.69 Å².